The number of sulfonamides is 1. The van der Waals surface area contributed by atoms with E-state index in [1.807, 2.05) is 0 Å². The molecule has 14 heteroatoms. The van der Waals surface area contributed by atoms with Gasteiger partial charge < -0.3 is 9.15 Å². The minimum absolute atomic E-state index is 0.0654. The quantitative estimate of drug-likeness (QED) is 0.424. The molecule has 0 unspecified atom stereocenters. The van der Waals surface area contributed by atoms with Crippen molar-refractivity contribution in [2.75, 3.05) is 11.8 Å². The molecular formula is C15H10BrClN6O5S. The van der Waals surface area contributed by atoms with Gasteiger partial charge in [0.15, 0.2) is 5.58 Å². The average molecular weight is 502 g/mol. The fraction of sp³-hybridized carbons (Fsp3) is 0.0667. The molecule has 2 aromatic carbocycles. The van der Waals surface area contributed by atoms with Crippen LogP contribution in [-0.4, -0.2) is 40.7 Å². The monoisotopic (exact) mass is 500 g/mol. The highest BCUT2D eigenvalue weighted by Gasteiger charge is 2.26. The van der Waals surface area contributed by atoms with Crippen molar-refractivity contribution in [1.29, 1.82) is 0 Å². The van der Waals surface area contributed by atoms with Crippen molar-refractivity contribution in [2.45, 2.75) is 4.90 Å². The van der Waals surface area contributed by atoms with Crippen molar-refractivity contribution >= 4 is 54.3 Å². The molecule has 0 aliphatic carbocycles. The number of ether oxygens (including phenoxy) is 1. The van der Waals surface area contributed by atoms with Crippen LogP contribution in [0.4, 0.5) is 5.69 Å². The number of benzene rings is 2. The number of nitrogens with one attached hydrogen (secondary N) is 2. The third-order valence-electron chi connectivity index (χ3n) is 3.86. The number of tetrazole rings is 1. The zero-order chi connectivity index (χ0) is 20.8. The molecule has 0 amide bonds. The van der Waals surface area contributed by atoms with Crippen molar-refractivity contribution in [3.8, 4) is 11.4 Å². The van der Waals surface area contributed by atoms with Crippen LogP contribution in [0.15, 0.2) is 49.2 Å². The maximum atomic E-state index is 13.0. The zero-order valence-electron chi connectivity index (χ0n) is 14.4. The molecule has 150 valence electrons. The first-order chi connectivity index (χ1) is 13.8. The van der Waals surface area contributed by atoms with Crippen molar-refractivity contribution in [3.63, 3.8) is 0 Å². The minimum Gasteiger partial charge on any atom is -0.494 e. The molecule has 2 heterocycles. The number of fused-ring (bicyclic) bond motifs is 1. The first-order valence-electron chi connectivity index (χ1n) is 7.75. The van der Waals surface area contributed by atoms with Crippen LogP contribution in [0.5, 0.6) is 5.75 Å². The Morgan fingerprint density at radius 3 is 2.83 bits per heavy atom. The van der Waals surface area contributed by atoms with Gasteiger partial charge >= 0.3 is 5.76 Å². The highest BCUT2D eigenvalue weighted by Crippen LogP contribution is 2.37. The number of anilines is 1. The van der Waals surface area contributed by atoms with E-state index in [1.54, 1.807) is 6.07 Å². The number of hydrogen-bond acceptors (Lipinski definition) is 8. The fourth-order valence-electron chi connectivity index (χ4n) is 2.66. The van der Waals surface area contributed by atoms with E-state index in [0.717, 1.165) is 0 Å². The van der Waals surface area contributed by atoms with Crippen LogP contribution < -0.4 is 15.2 Å². The van der Waals surface area contributed by atoms with Crippen LogP contribution in [0.1, 0.15) is 0 Å². The minimum atomic E-state index is -4.17. The van der Waals surface area contributed by atoms with E-state index < -0.39 is 15.8 Å². The van der Waals surface area contributed by atoms with E-state index in [4.69, 9.17) is 20.8 Å². The Hall–Kier alpha value is -2.90. The lowest BCUT2D eigenvalue weighted by Crippen LogP contribution is -2.15. The third-order valence-corrected chi connectivity index (χ3v) is 6.68. The molecule has 2 N–H and O–H groups in total. The zero-order valence-corrected chi connectivity index (χ0v) is 17.5. The number of hydrogen-bond donors (Lipinski definition) is 2. The highest BCUT2D eigenvalue weighted by molar-refractivity contribution is 9.10. The molecule has 0 saturated heterocycles. The van der Waals surface area contributed by atoms with Gasteiger partial charge in [-0.15, -0.1) is 5.10 Å². The number of H-pyrrole nitrogens is 1. The van der Waals surface area contributed by atoms with Crippen molar-refractivity contribution in [2.24, 2.45) is 0 Å². The molecule has 4 rings (SSSR count). The van der Waals surface area contributed by atoms with E-state index >= 15 is 0 Å². The van der Waals surface area contributed by atoms with Gasteiger partial charge in [0.1, 0.15) is 27.7 Å². The van der Waals surface area contributed by atoms with Crippen LogP contribution in [0.2, 0.25) is 5.02 Å². The van der Waals surface area contributed by atoms with Crippen LogP contribution in [0, 0.1) is 0 Å². The summed E-state index contributed by atoms with van der Waals surface area (Å²) in [5.74, 6) is -0.326. The van der Waals surface area contributed by atoms with Gasteiger partial charge in [0.2, 0.25) is 0 Å². The Labute approximate surface area is 175 Å². The Kier molecular flexibility index (Phi) is 4.80. The highest BCUT2D eigenvalue weighted by atomic mass is 79.9. The first-order valence-corrected chi connectivity index (χ1v) is 10.4. The average Bonchev–Trinajstić information content (AvgIpc) is 3.30. The van der Waals surface area contributed by atoms with Gasteiger partial charge in [-0.05, 0) is 50.6 Å². The van der Waals surface area contributed by atoms with E-state index in [1.165, 1.54) is 36.3 Å². The van der Waals surface area contributed by atoms with Gasteiger partial charge in [0.05, 0.1) is 18.3 Å². The van der Waals surface area contributed by atoms with Crippen LogP contribution in [0.3, 0.4) is 0 Å². The smallest absolute Gasteiger partial charge is 0.417 e. The number of aromatic nitrogens is 5. The van der Waals surface area contributed by atoms with Crippen molar-refractivity contribution in [1.82, 2.24) is 25.2 Å². The van der Waals surface area contributed by atoms with Crippen molar-refractivity contribution < 1.29 is 17.6 Å². The summed E-state index contributed by atoms with van der Waals surface area (Å²) in [5.41, 5.74) is 0.811. The lowest BCUT2D eigenvalue weighted by molar-refractivity contribution is 0.411. The first kappa shape index (κ1) is 19.4. The fourth-order valence-corrected chi connectivity index (χ4v) is 5.57. The molecule has 0 bridgehead atoms. The number of nitrogens with zero attached hydrogens (tertiary/aromatic N) is 4. The predicted molar refractivity (Wildman–Crippen MR) is 106 cm³/mol. The second-order valence-corrected chi connectivity index (χ2v) is 8.49. The molecule has 0 aliphatic heterocycles. The SMILES string of the molecule is COc1ccc(NS(=O)(=O)c2c(Br)cc3[nH]c(=O)oc3c2Cl)cc1-n1cnnn1. The number of oxazole rings is 1. The van der Waals surface area contributed by atoms with E-state index in [0.29, 0.717) is 11.4 Å². The normalized spacial score (nSPS) is 11.7. The summed E-state index contributed by atoms with van der Waals surface area (Å²) in [6.07, 6.45) is 1.34. The summed E-state index contributed by atoms with van der Waals surface area (Å²) in [7, 11) is -2.71. The summed E-state index contributed by atoms with van der Waals surface area (Å²) in [6.45, 7) is 0. The summed E-state index contributed by atoms with van der Waals surface area (Å²) in [6, 6.07) is 5.94. The molecular weight excluding hydrogens is 492 g/mol. The Balaban J connectivity index is 1.80. The Morgan fingerprint density at radius 1 is 1.34 bits per heavy atom. The molecule has 0 fully saturated rings. The molecule has 0 atom stereocenters. The van der Waals surface area contributed by atoms with Gasteiger partial charge in [-0.3, -0.25) is 9.71 Å². The van der Waals surface area contributed by atoms with Gasteiger partial charge in [-0.25, -0.2) is 13.2 Å². The molecule has 0 saturated carbocycles. The second kappa shape index (κ2) is 7.17. The molecule has 0 spiro atoms. The predicted octanol–water partition coefficient (Wildman–Crippen LogP) is 2.32. The molecule has 4 aromatic rings. The third kappa shape index (κ3) is 3.47. The number of halogens is 2. The maximum Gasteiger partial charge on any atom is 0.417 e. The van der Waals surface area contributed by atoms with Crippen LogP contribution >= 0.6 is 27.5 Å². The Morgan fingerprint density at radius 2 is 2.14 bits per heavy atom. The number of methoxy groups -OCH3 is 1. The second-order valence-electron chi connectivity index (χ2n) is 5.64. The lowest BCUT2D eigenvalue weighted by atomic mass is 10.2. The Bertz CT molecular complexity index is 1380. The van der Waals surface area contributed by atoms with E-state index in [9.17, 15) is 13.2 Å². The topological polar surface area (TPSA) is 145 Å². The number of rotatable bonds is 5. The largest absolute Gasteiger partial charge is 0.494 e. The van der Waals surface area contributed by atoms with Crippen molar-refractivity contribution in [3.05, 3.63) is 50.6 Å². The summed E-state index contributed by atoms with van der Waals surface area (Å²) in [4.78, 5) is 13.6. The van der Waals surface area contributed by atoms with Gasteiger partial charge in [0, 0.05) is 4.47 Å². The lowest BCUT2D eigenvalue weighted by Gasteiger charge is -2.13. The van der Waals surface area contributed by atoms with E-state index in [2.05, 4.69) is 41.2 Å². The summed E-state index contributed by atoms with van der Waals surface area (Å²) >= 11 is 9.40. The standard InChI is InChI=1S/C15H10BrClN6O5S/c1-27-11-3-2-7(4-10(11)23-6-18-21-22-23)20-29(25,26)14-8(16)5-9-13(12(14)17)28-15(24)19-9/h2-6,20H,1H3,(H,19,24). The summed E-state index contributed by atoms with van der Waals surface area (Å²) < 4.78 is 40.1. The molecule has 2 aromatic heterocycles. The summed E-state index contributed by atoms with van der Waals surface area (Å²) in [5, 5.41) is 10.6. The van der Waals surface area contributed by atoms with Crippen LogP contribution in [0.25, 0.3) is 16.8 Å². The van der Waals surface area contributed by atoms with Gasteiger partial charge in [-0.2, -0.15) is 4.68 Å². The van der Waals surface area contributed by atoms with Gasteiger partial charge in [0.25, 0.3) is 10.0 Å². The molecule has 11 nitrogen and oxygen atoms in total. The molecule has 0 aliphatic rings. The molecule has 0 radical (unpaired) electrons. The van der Waals surface area contributed by atoms with E-state index in [-0.39, 0.29) is 31.2 Å². The van der Waals surface area contributed by atoms with Crippen LogP contribution in [-0.2, 0) is 10.0 Å². The molecule has 29 heavy (non-hydrogen) atoms. The van der Waals surface area contributed by atoms with Gasteiger partial charge in [-0.1, -0.05) is 11.6 Å². The number of aromatic amines is 1. The maximum absolute atomic E-state index is 13.0.